The molecular formula is C25H23BrCl2FN3O5S2. The van der Waals surface area contributed by atoms with Crippen LogP contribution >= 0.6 is 39.1 Å². The maximum Gasteiger partial charge on any atom is 0.262 e. The van der Waals surface area contributed by atoms with Crippen molar-refractivity contribution in [3.63, 3.8) is 0 Å². The molecule has 0 unspecified atom stereocenters. The molecule has 0 heterocycles. The van der Waals surface area contributed by atoms with Crippen molar-refractivity contribution in [2.75, 3.05) is 9.44 Å². The number of carbonyl (C=O) groups is 1. The van der Waals surface area contributed by atoms with E-state index in [-0.39, 0.29) is 47.3 Å². The topological polar surface area (TPSA) is 121 Å². The Morgan fingerprint density at radius 3 is 2.21 bits per heavy atom. The number of carbonyl (C=O) groups excluding carboxylic acids is 1. The Kier molecular flexibility index (Phi) is 8.82. The van der Waals surface area contributed by atoms with E-state index in [1.54, 1.807) is 0 Å². The van der Waals surface area contributed by atoms with Crippen molar-refractivity contribution in [2.24, 2.45) is 0 Å². The lowest BCUT2D eigenvalue weighted by Crippen LogP contribution is -2.34. The summed E-state index contributed by atoms with van der Waals surface area (Å²) in [5.74, 6) is -1.24. The first kappa shape index (κ1) is 29.6. The van der Waals surface area contributed by atoms with E-state index in [0.29, 0.717) is 5.56 Å². The fourth-order valence-corrected chi connectivity index (χ4v) is 7.62. The fourth-order valence-electron chi connectivity index (χ4n) is 4.19. The normalized spacial score (nSPS) is 14.3. The van der Waals surface area contributed by atoms with Gasteiger partial charge in [0.1, 0.15) is 10.7 Å². The van der Waals surface area contributed by atoms with Gasteiger partial charge < -0.3 is 5.32 Å². The van der Waals surface area contributed by atoms with Crippen LogP contribution < -0.4 is 14.8 Å². The molecule has 0 aliphatic heterocycles. The number of rotatable bonds is 8. The summed E-state index contributed by atoms with van der Waals surface area (Å²) in [6, 6.07) is 9.59. The molecule has 3 aromatic rings. The molecule has 0 saturated heterocycles. The van der Waals surface area contributed by atoms with Crippen molar-refractivity contribution in [1.82, 2.24) is 5.32 Å². The van der Waals surface area contributed by atoms with Gasteiger partial charge in [0, 0.05) is 21.8 Å². The number of amides is 1. The van der Waals surface area contributed by atoms with Crippen molar-refractivity contribution < 1.29 is 26.0 Å². The average Bonchev–Trinajstić information content (AvgIpc) is 3.34. The highest BCUT2D eigenvalue weighted by molar-refractivity contribution is 9.10. The van der Waals surface area contributed by atoms with Crippen molar-refractivity contribution in [3.8, 4) is 0 Å². The highest BCUT2D eigenvalue weighted by atomic mass is 79.9. The second-order valence-electron chi connectivity index (χ2n) is 9.06. The summed E-state index contributed by atoms with van der Waals surface area (Å²) in [6.45, 7) is 1.53. The maximum absolute atomic E-state index is 13.9. The van der Waals surface area contributed by atoms with Gasteiger partial charge in [-0.15, -0.1) is 0 Å². The first-order valence-corrected chi connectivity index (χ1v) is 16.2. The van der Waals surface area contributed by atoms with Gasteiger partial charge in [0.15, 0.2) is 0 Å². The van der Waals surface area contributed by atoms with Crippen LogP contribution in [0.1, 0.15) is 41.6 Å². The van der Waals surface area contributed by atoms with E-state index in [9.17, 15) is 26.0 Å². The van der Waals surface area contributed by atoms with E-state index in [0.717, 1.165) is 43.9 Å². The zero-order valence-corrected chi connectivity index (χ0v) is 25.1. The number of hydrogen-bond acceptors (Lipinski definition) is 5. The van der Waals surface area contributed by atoms with Gasteiger partial charge in [-0.1, -0.05) is 36.0 Å². The molecule has 39 heavy (non-hydrogen) atoms. The SMILES string of the molecule is Cc1cc(F)c(Br)cc1NS(=O)(=O)c1ccc(NS(=O)(=O)c2cc(Cl)cc(Cl)c2)cc1C(=O)NC1CCCC1. The summed E-state index contributed by atoms with van der Waals surface area (Å²) in [5, 5.41) is 3.05. The lowest BCUT2D eigenvalue weighted by Gasteiger charge is -2.18. The Morgan fingerprint density at radius 2 is 1.56 bits per heavy atom. The quantitative estimate of drug-likeness (QED) is 0.252. The number of anilines is 2. The number of halogens is 4. The van der Waals surface area contributed by atoms with Crippen LogP contribution in [0.25, 0.3) is 0 Å². The molecule has 1 fully saturated rings. The third kappa shape index (κ3) is 7.04. The molecule has 0 radical (unpaired) electrons. The van der Waals surface area contributed by atoms with E-state index >= 15 is 0 Å². The molecule has 0 aromatic heterocycles. The van der Waals surface area contributed by atoms with Crippen LogP contribution in [0.5, 0.6) is 0 Å². The van der Waals surface area contributed by atoms with Crippen LogP contribution in [0.3, 0.4) is 0 Å². The van der Waals surface area contributed by atoms with Crippen LogP contribution in [0.4, 0.5) is 15.8 Å². The molecule has 3 aromatic carbocycles. The van der Waals surface area contributed by atoms with Crippen molar-refractivity contribution in [1.29, 1.82) is 0 Å². The molecule has 1 saturated carbocycles. The fraction of sp³-hybridized carbons (Fsp3) is 0.240. The number of nitrogens with one attached hydrogen (secondary N) is 3. The van der Waals surface area contributed by atoms with Gasteiger partial charge in [0.25, 0.3) is 26.0 Å². The van der Waals surface area contributed by atoms with Crippen molar-refractivity contribution in [3.05, 3.63) is 80.0 Å². The third-order valence-electron chi connectivity index (χ3n) is 6.11. The average molecular weight is 679 g/mol. The van der Waals surface area contributed by atoms with Gasteiger partial charge in [0.05, 0.1) is 20.6 Å². The van der Waals surface area contributed by atoms with Gasteiger partial charge in [-0.2, -0.15) is 0 Å². The standard InChI is InChI=1S/C25H23BrCl2FN3O5S2/c1-14-8-22(29)21(26)13-23(14)32-39(36,37)24-7-6-18(12-20(24)25(33)30-17-4-2-3-5-17)31-38(34,35)19-10-15(27)9-16(28)11-19/h6-13,17,31-32H,2-5H2,1H3,(H,30,33). The van der Waals surface area contributed by atoms with Crippen LogP contribution in [-0.2, 0) is 20.0 Å². The molecule has 3 N–H and O–H groups in total. The molecule has 0 bridgehead atoms. The maximum atomic E-state index is 13.9. The Bertz CT molecular complexity index is 1640. The Labute approximate surface area is 244 Å². The minimum atomic E-state index is -4.36. The Balaban J connectivity index is 1.73. The zero-order valence-electron chi connectivity index (χ0n) is 20.4. The predicted octanol–water partition coefficient (Wildman–Crippen LogP) is 6.48. The van der Waals surface area contributed by atoms with Crippen LogP contribution in [0.2, 0.25) is 10.0 Å². The summed E-state index contributed by atoms with van der Waals surface area (Å²) in [4.78, 5) is 12.7. The number of sulfonamides is 2. The lowest BCUT2D eigenvalue weighted by atomic mass is 10.1. The summed E-state index contributed by atoms with van der Waals surface area (Å²) < 4.78 is 71.5. The third-order valence-corrected chi connectivity index (χ3v) is 9.94. The predicted molar refractivity (Wildman–Crippen MR) is 153 cm³/mol. The zero-order chi connectivity index (χ0) is 28.5. The van der Waals surface area contributed by atoms with Crippen LogP contribution in [-0.4, -0.2) is 28.8 Å². The first-order chi connectivity index (χ1) is 18.2. The van der Waals surface area contributed by atoms with Gasteiger partial charge >= 0.3 is 0 Å². The molecule has 208 valence electrons. The molecular weight excluding hydrogens is 656 g/mol. The molecule has 1 amide bonds. The van der Waals surface area contributed by atoms with Crippen molar-refractivity contribution >= 4 is 76.5 Å². The molecule has 1 aliphatic rings. The van der Waals surface area contributed by atoms with Gasteiger partial charge in [-0.25, -0.2) is 21.2 Å². The van der Waals surface area contributed by atoms with Crippen molar-refractivity contribution in [2.45, 2.75) is 48.4 Å². The lowest BCUT2D eigenvalue weighted by molar-refractivity contribution is 0.0934. The number of hydrogen-bond donors (Lipinski definition) is 3. The minimum absolute atomic E-state index is 0.0517. The highest BCUT2D eigenvalue weighted by Gasteiger charge is 2.27. The van der Waals surface area contributed by atoms with Crippen LogP contribution in [0, 0.1) is 12.7 Å². The van der Waals surface area contributed by atoms with E-state index in [2.05, 4.69) is 30.7 Å². The van der Waals surface area contributed by atoms with E-state index in [4.69, 9.17) is 23.2 Å². The summed E-state index contributed by atoms with van der Waals surface area (Å²) >= 11 is 14.9. The molecule has 4 rings (SSSR count). The van der Waals surface area contributed by atoms with Crippen LogP contribution in [0.15, 0.2) is 62.8 Å². The Morgan fingerprint density at radius 1 is 0.923 bits per heavy atom. The monoisotopic (exact) mass is 677 g/mol. The summed E-state index contributed by atoms with van der Waals surface area (Å²) in [6.07, 6.45) is 3.35. The molecule has 0 spiro atoms. The molecule has 14 heteroatoms. The highest BCUT2D eigenvalue weighted by Crippen LogP contribution is 2.30. The van der Waals surface area contributed by atoms with Gasteiger partial charge in [-0.3, -0.25) is 14.2 Å². The number of aryl methyl sites for hydroxylation is 1. The summed E-state index contributed by atoms with van der Waals surface area (Å²) in [7, 11) is -8.56. The second-order valence-corrected chi connectivity index (χ2v) is 14.1. The van der Waals surface area contributed by atoms with E-state index < -0.39 is 31.8 Å². The minimum Gasteiger partial charge on any atom is -0.349 e. The number of benzene rings is 3. The second kappa shape index (κ2) is 11.6. The molecule has 1 aliphatic carbocycles. The molecule has 8 nitrogen and oxygen atoms in total. The van der Waals surface area contributed by atoms with E-state index in [1.165, 1.54) is 37.3 Å². The molecule has 0 atom stereocenters. The largest absolute Gasteiger partial charge is 0.349 e. The summed E-state index contributed by atoms with van der Waals surface area (Å²) in [5.41, 5.74) is 0.105. The van der Waals surface area contributed by atoms with Gasteiger partial charge in [0.2, 0.25) is 0 Å². The smallest absolute Gasteiger partial charge is 0.262 e. The van der Waals surface area contributed by atoms with E-state index in [1.807, 2.05) is 0 Å². The van der Waals surface area contributed by atoms with Gasteiger partial charge in [-0.05, 0) is 89.8 Å². The Hall–Kier alpha value is -2.38. The first-order valence-electron chi connectivity index (χ1n) is 11.7.